The Bertz CT molecular complexity index is 1220. The summed E-state index contributed by atoms with van der Waals surface area (Å²) in [5.74, 6) is 1.29. The number of methoxy groups -OCH3 is 1. The molecule has 7 nitrogen and oxygen atoms in total. The van der Waals surface area contributed by atoms with Gasteiger partial charge in [-0.1, -0.05) is 45.0 Å². The Morgan fingerprint density at radius 1 is 0.938 bits per heavy atom. The van der Waals surface area contributed by atoms with Gasteiger partial charge in [0.1, 0.15) is 11.5 Å². The molecule has 3 aromatic carbocycles. The number of fused-ring (bicyclic) bond motifs is 1. The molecule has 0 saturated heterocycles. The number of hydrazone groups is 1. The summed E-state index contributed by atoms with van der Waals surface area (Å²) in [6, 6.07) is 20.2. The van der Waals surface area contributed by atoms with Crippen molar-refractivity contribution in [3.8, 4) is 5.75 Å². The van der Waals surface area contributed by atoms with Gasteiger partial charge < -0.3 is 4.74 Å². The van der Waals surface area contributed by atoms with Crippen molar-refractivity contribution in [2.24, 2.45) is 10.1 Å². The number of benzene rings is 3. The van der Waals surface area contributed by atoms with Crippen LogP contribution in [0.3, 0.4) is 0 Å². The van der Waals surface area contributed by atoms with Gasteiger partial charge in [-0.2, -0.15) is 5.10 Å². The van der Waals surface area contributed by atoms with Crippen molar-refractivity contribution in [2.75, 3.05) is 7.11 Å². The third-order valence-electron chi connectivity index (χ3n) is 5.34. The van der Waals surface area contributed by atoms with Gasteiger partial charge in [-0.15, -0.1) is 0 Å². The largest absolute Gasteiger partial charge is 0.497 e. The number of nitro benzene ring substituents is 1. The number of amidine groups is 1. The van der Waals surface area contributed by atoms with E-state index in [4.69, 9.17) is 9.73 Å². The fraction of sp³-hybridized carbons (Fsp3) is 0.200. The molecule has 1 N–H and O–H groups in total. The molecule has 1 heterocycles. The number of hydrogen-bond acceptors (Lipinski definition) is 6. The Morgan fingerprint density at radius 2 is 1.59 bits per heavy atom. The maximum absolute atomic E-state index is 11.0. The molecule has 1 aliphatic heterocycles. The standard InChI is InChI=1S/C25H24N4O3/c1-25(2,3)18-9-5-17(6-10-18)24-26-22-14-13-20(32-4)15-21(22)23(27-28-24)16-7-11-19(12-8-16)29(30)31/h5-15H,1-4H3,(H,26,28). The van der Waals surface area contributed by atoms with Crippen molar-refractivity contribution in [1.82, 2.24) is 5.43 Å². The molecule has 162 valence electrons. The molecule has 0 aliphatic carbocycles. The SMILES string of the molecule is COc1ccc2c(c1)C(c1ccc([N+](=O)[O-])cc1)=NNC(c1ccc(C(C)(C)C)cc1)=N2. The van der Waals surface area contributed by atoms with Gasteiger partial charge in [0.2, 0.25) is 0 Å². The van der Waals surface area contributed by atoms with E-state index in [1.807, 2.05) is 30.3 Å². The summed E-state index contributed by atoms with van der Waals surface area (Å²) in [4.78, 5) is 15.4. The highest BCUT2D eigenvalue weighted by Crippen LogP contribution is 2.30. The fourth-order valence-electron chi connectivity index (χ4n) is 3.46. The van der Waals surface area contributed by atoms with Crippen molar-refractivity contribution in [1.29, 1.82) is 0 Å². The van der Waals surface area contributed by atoms with Gasteiger partial charge in [-0.25, -0.2) is 4.99 Å². The first-order valence-corrected chi connectivity index (χ1v) is 10.2. The summed E-state index contributed by atoms with van der Waals surface area (Å²) >= 11 is 0. The van der Waals surface area contributed by atoms with Crippen LogP contribution in [0.4, 0.5) is 11.4 Å². The quantitative estimate of drug-likeness (QED) is 0.449. The summed E-state index contributed by atoms with van der Waals surface area (Å²) in [7, 11) is 1.60. The van der Waals surface area contributed by atoms with Crippen LogP contribution in [0.1, 0.15) is 43.0 Å². The molecule has 3 aromatic rings. The van der Waals surface area contributed by atoms with E-state index >= 15 is 0 Å². The molecule has 32 heavy (non-hydrogen) atoms. The van der Waals surface area contributed by atoms with E-state index in [1.165, 1.54) is 17.7 Å². The predicted molar refractivity (Wildman–Crippen MR) is 126 cm³/mol. The molecule has 0 bridgehead atoms. The van der Waals surface area contributed by atoms with Gasteiger partial charge in [0.25, 0.3) is 5.69 Å². The average molecular weight is 428 g/mol. The molecule has 0 radical (unpaired) electrons. The second-order valence-corrected chi connectivity index (χ2v) is 8.55. The smallest absolute Gasteiger partial charge is 0.269 e. The van der Waals surface area contributed by atoms with Crippen LogP contribution in [-0.4, -0.2) is 23.6 Å². The van der Waals surface area contributed by atoms with Crippen molar-refractivity contribution in [3.05, 3.63) is 99.1 Å². The minimum absolute atomic E-state index is 0.0256. The molecule has 0 spiro atoms. The lowest BCUT2D eigenvalue weighted by atomic mass is 9.86. The molecule has 1 aliphatic rings. The number of nitrogens with one attached hydrogen (secondary N) is 1. The number of hydrogen-bond donors (Lipinski definition) is 1. The molecular weight excluding hydrogens is 404 g/mol. The fourth-order valence-corrected chi connectivity index (χ4v) is 3.46. The molecule has 0 saturated carbocycles. The van der Waals surface area contributed by atoms with Crippen LogP contribution < -0.4 is 10.2 Å². The van der Waals surface area contributed by atoms with Gasteiger partial charge in [0, 0.05) is 28.8 Å². The van der Waals surface area contributed by atoms with Crippen molar-refractivity contribution >= 4 is 22.9 Å². The average Bonchev–Trinajstić information content (AvgIpc) is 2.98. The number of aliphatic imine (C=N–C) groups is 1. The highest BCUT2D eigenvalue weighted by atomic mass is 16.6. The minimum Gasteiger partial charge on any atom is -0.497 e. The van der Waals surface area contributed by atoms with Crippen LogP contribution in [0.25, 0.3) is 0 Å². The van der Waals surface area contributed by atoms with E-state index in [0.29, 0.717) is 17.3 Å². The van der Waals surface area contributed by atoms with Gasteiger partial charge >= 0.3 is 0 Å². The first kappa shape index (κ1) is 21.2. The molecule has 0 amide bonds. The Balaban J connectivity index is 1.79. The van der Waals surface area contributed by atoms with Gasteiger partial charge in [-0.3, -0.25) is 15.5 Å². The Morgan fingerprint density at radius 3 is 2.19 bits per heavy atom. The Labute approximate surface area is 186 Å². The number of non-ortho nitro benzene ring substituents is 1. The highest BCUT2D eigenvalue weighted by molar-refractivity contribution is 6.18. The molecule has 0 aromatic heterocycles. The zero-order valence-electron chi connectivity index (χ0n) is 18.4. The first-order chi connectivity index (χ1) is 15.3. The summed E-state index contributed by atoms with van der Waals surface area (Å²) in [5.41, 5.74) is 8.17. The molecular formula is C25H24N4O3. The van der Waals surface area contributed by atoms with E-state index in [9.17, 15) is 10.1 Å². The zero-order chi connectivity index (χ0) is 22.9. The van der Waals surface area contributed by atoms with E-state index < -0.39 is 4.92 Å². The topological polar surface area (TPSA) is 89.1 Å². The molecule has 0 atom stereocenters. The lowest BCUT2D eigenvalue weighted by Gasteiger charge is -2.19. The number of nitrogens with zero attached hydrogens (tertiary/aromatic N) is 3. The van der Waals surface area contributed by atoms with Gasteiger partial charge in [0.05, 0.1) is 17.7 Å². The first-order valence-electron chi connectivity index (χ1n) is 10.2. The molecule has 0 unspecified atom stereocenters. The molecule has 0 fully saturated rings. The van der Waals surface area contributed by atoms with Crippen LogP contribution in [-0.2, 0) is 5.41 Å². The summed E-state index contributed by atoms with van der Waals surface area (Å²) in [6.45, 7) is 6.52. The summed E-state index contributed by atoms with van der Waals surface area (Å²) < 4.78 is 5.40. The third kappa shape index (κ3) is 4.23. The van der Waals surface area contributed by atoms with Gasteiger partial charge in [0.15, 0.2) is 5.84 Å². The van der Waals surface area contributed by atoms with Crippen LogP contribution in [0.15, 0.2) is 76.8 Å². The van der Waals surface area contributed by atoms with Crippen molar-refractivity contribution < 1.29 is 9.66 Å². The van der Waals surface area contributed by atoms with E-state index in [2.05, 4.69) is 43.4 Å². The van der Waals surface area contributed by atoms with E-state index in [1.54, 1.807) is 19.2 Å². The Hall–Kier alpha value is -4.00. The van der Waals surface area contributed by atoms with Crippen LogP contribution in [0, 0.1) is 10.1 Å². The summed E-state index contributed by atoms with van der Waals surface area (Å²) in [6.07, 6.45) is 0. The van der Waals surface area contributed by atoms with Crippen molar-refractivity contribution in [2.45, 2.75) is 26.2 Å². The van der Waals surface area contributed by atoms with Crippen LogP contribution >= 0.6 is 0 Å². The molecule has 4 rings (SSSR count). The van der Waals surface area contributed by atoms with E-state index in [0.717, 1.165) is 22.4 Å². The monoisotopic (exact) mass is 428 g/mol. The van der Waals surface area contributed by atoms with Crippen molar-refractivity contribution in [3.63, 3.8) is 0 Å². The molecule has 7 heteroatoms. The van der Waals surface area contributed by atoms with Gasteiger partial charge in [-0.05, 0) is 41.3 Å². The maximum Gasteiger partial charge on any atom is 0.269 e. The van der Waals surface area contributed by atoms with E-state index in [-0.39, 0.29) is 11.1 Å². The number of ether oxygens (including phenoxy) is 1. The zero-order valence-corrected chi connectivity index (χ0v) is 18.4. The maximum atomic E-state index is 11.0. The Kier molecular flexibility index (Phi) is 5.48. The summed E-state index contributed by atoms with van der Waals surface area (Å²) in [5, 5.41) is 15.7. The lowest BCUT2D eigenvalue weighted by Crippen LogP contribution is -2.20. The third-order valence-corrected chi connectivity index (χ3v) is 5.34. The normalized spacial score (nSPS) is 13.2. The lowest BCUT2D eigenvalue weighted by molar-refractivity contribution is -0.384. The minimum atomic E-state index is -0.420. The second kappa shape index (κ2) is 8.26. The number of rotatable bonds is 4. The van der Waals surface area contributed by atoms with Crippen LogP contribution in [0.2, 0.25) is 0 Å². The predicted octanol–water partition coefficient (Wildman–Crippen LogP) is 5.33. The van der Waals surface area contributed by atoms with Crippen LogP contribution in [0.5, 0.6) is 5.75 Å². The second-order valence-electron chi connectivity index (χ2n) is 8.55. The number of nitro groups is 1. The highest BCUT2D eigenvalue weighted by Gasteiger charge is 2.20.